The summed E-state index contributed by atoms with van der Waals surface area (Å²) in [6.07, 6.45) is 2.43. The molecule has 4 rings (SSSR count). The van der Waals surface area contributed by atoms with Crippen LogP contribution in [0, 0.1) is 0 Å². The molecule has 0 saturated carbocycles. The van der Waals surface area contributed by atoms with Gasteiger partial charge in [0, 0.05) is 12.8 Å². The molecule has 0 aliphatic rings. The van der Waals surface area contributed by atoms with Crippen molar-refractivity contribution in [1.82, 2.24) is 0 Å². The molecule has 0 bridgehead atoms. The highest BCUT2D eigenvalue weighted by atomic mass is 16.5. The van der Waals surface area contributed by atoms with E-state index in [2.05, 4.69) is 60.7 Å². The smallest absolute Gasteiger partial charge is 0.122 e. The Morgan fingerprint density at radius 1 is 0.400 bits per heavy atom. The zero-order valence-corrected chi connectivity index (χ0v) is 20.8. The molecule has 0 aliphatic heterocycles. The normalized spacial score (nSPS) is 10.6. The predicted molar refractivity (Wildman–Crippen MR) is 140 cm³/mol. The summed E-state index contributed by atoms with van der Waals surface area (Å²) in [7, 11) is 6.81. The van der Waals surface area contributed by atoms with Gasteiger partial charge in [-0.1, -0.05) is 48.5 Å². The molecule has 0 N–H and O–H groups in total. The van der Waals surface area contributed by atoms with Gasteiger partial charge in [-0.05, 0) is 76.2 Å². The molecule has 0 amide bonds. The number of hydrogen-bond acceptors (Lipinski definition) is 4. The van der Waals surface area contributed by atoms with E-state index in [0.29, 0.717) is 0 Å². The average molecular weight is 469 g/mol. The first-order chi connectivity index (χ1) is 17.1. The topological polar surface area (TPSA) is 36.9 Å². The van der Waals surface area contributed by atoms with Crippen LogP contribution in [0.3, 0.4) is 0 Å². The summed E-state index contributed by atoms with van der Waals surface area (Å²) < 4.78 is 21.9. The van der Waals surface area contributed by atoms with Gasteiger partial charge in [-0.2, -0.15) is 0 Å². The van der Waals surface area contributed by atoms with E-state index < -0.39 is 0 Å². The minimum Gasteiger partial charge on any atom is -0.497 e. The van der Waals surface area contributed by atoms with Crippen molar-refractivity contribution >= 4 is 0 Å². The van der Waals surface area contributed by atoms with Gasteiger partial charge in [-0.25, -0.2) is 0 Å². The van der Waals surface area contributed by atoms with Crippen LogP contribution in [0.4, 0.5) is 0 Å². The van der Waals surface area contributed by atoms with Crippen LogP contribution in [0.15, 0.2) is 84.9 Å². The van der Waals surface area contributed by atoms with Gasteiger partial charge in [-0.3, -0.25) is 0 Å². The van der Waals surface area contributed by atoms with Crippen LogP contribution in [-0.4, -0.2) is 28.4 Å². The zero-order valence-electron chi connectivity index (χ0n) is 20.8. The number of ether oxygens (including phenoxy) is 4. The third-order valence-corrected chi connectivity index (χ3v) is 6.21. The van der Waals surface area contributed by atoms with Gasteiger partial charge in [0.25, 0.3) is 0 Å². The SMILES string of the molecule is COc1ccc(Cc2cc(Cc3ccc(OC)c(Cc4ccc(OC)cc4)c3)ccc2OC)cc1. The molecule has 4 nitrogen and oxygen atoms in total. The van der Waals surface area contributed by atoms with Crippen LogP contribution in [0.25, 0.3) is 0 Å². The molecular weight excluding hydrogens is 436 g/mol. The van der Waals surface area contributed by atoms with E-state index in [1.54, 1.807) is 28.4 Å². The fourth-order valence-electron chi connectivity index (χ4n) is 4.32. The van der Waals surface area contributed by atoms with Crippen molar-refractivity contribution in [3.8, 4) is 23.0 Å². The fraction of sp³-hybridized carbons (Fsp3) is 0.226. The average Bonchev–Trinajstić information content (AvgIpc) is 2.90. The Labute approximate surface area is 208 Å². The second-order valence-electron chi connectivity index (χ2n) is 8.52. The number of rotatable bonds is 10. The monoisotopic (exact) mass is 468 g/mol. The minimum atomic E-state index is 0.798. The molecule has 0 radical (unpaired) electrons. The quantitative estimate of drug-likeness (QED) is 0.266. The summed E-state index contributed by atoms with van der Waals surface area (Å²) in [5, 5.41) is 0. The van der Waals surface area contributed by atoms with Gasteiger partial charge >= 0.3 is 0 Å². The van der Waals surface area contributed by atoms with Gasteiger partial charge in [0.1, 0.15) is 23.0 Å². The lowest BCUT2D eigenvalue weighted by Gasteiger charge is -2.14. The van der Waals surface area contributed by atoms with E-state index in [9.17, 15) is 0 Å². The van der Waals surface area contributed by atoms with Crippen LogP contribution in [-0.2, 0) is 19.3 Å². The standard InChI is InChI=1S/C31H32O4/c1-32-28-11-5-22(6-12-28)18-26-20-24(9-15-30(26)34-3)17-25-10-16-31(35-4)27(21-25)19-23-7-13-29(33-2)14-8-23/h5-16,20-21H,17-19H2,1-4H3. The lowest BCUT2D eigenvalue weighted by Crippen LogP contribution is -1.99. The summed E-state index contributed by atoms with van der Waals surface area (Å²) >= 11 is 0. The lowest BCUT2D eigenvalue weighted by molar-refractivity contribution is 0.410. The number of methoxy groups -OCH3 is 4. The third kappa shape index (κ3) is 6.15. The van der Waals surface area contributed by atoms with Crippen molar-refractivity contribution in [2.24, 2.45) is 0 Å². The molecule has 0 heterocycles. The Balaban J connectivity index is 1.55. The summed E-state index contributed by atoms with van der Waals surface area (Å²) in [4.78, 5) is 0. The first kappa shape index (κ1) is 24.2. The Hall–Kier alpha value is -3.92. The maximum atomic E-state index is 5.65. The van der Waals surface area contributed by atoms with Gasteiger partial charge in [0.2, 0.25) is 0 Å². The van der Waals surface area contributed by atoms with Crippen molar-refractivity contribution < 1.29 is 18.9 Å². The molecule has 35 heavy (non-hydrogen) atoms. The predicted octanol–water partition coefficient (Wildman–Crippen LogP) is 6.49. The Morgan fingerprint density at radius 2 is 0.771 bits per heavy atom. The van der Waals surface area contributed by atoms with Crippen molar-refractivity contribution in [3.05, 3.63) is 118 Å². The van der Waals surface area contributed by atoms with E-state index in [1.165, 1.54) is 33.4 Å². The second kappa shape index (κ2) is 11.5. The lowest BCUT2D eigenvalue weighted by atomic mass is 9.96. The highest BCUT2D eigenvalue weighted by molar-refractivity contribution is 5.45. The van der Waals surface area contributed by atoms with Crippen LogP contribution < -0.4 is 18.9 Å². The minimum absolute atomic E-state index is 0.798. The Bertz CT molecular complexity index is 1150. The number of benzene rings is 4. The fourth-order valence-corrected chi connectivity index (χ4v) is 4.32. The van der Waals surface area contributed by atoms with Crippen LogP contribution in [0.5, 0.6) is 23.0 Å². The van der Waals surface area contributed by atoms with Crippen molar-refractivity contribution in [3.63, 3.8) is 0 Å². The maximum Gasteiger partial charge on any atom is 0.122 e. The highest BCUT2D eigenvalue weighted by Crippen LogP contribution is 2.28. The first-order valence-corrected chi connectivity index (χ1v) is 11.7. The van der Waals surface area contributed by atoms with Gasteiger partial charge < -0.3 is 18.9 Å². The molecule has 0 saturated heterocycles. The van der Waals surface area contributed by atoms with Gasteiger partial charge in [-0.15, -0.1) is 0 Å². The van der Waals surface area contributed by atoms with Crippen molar-refractivity contribution in [2.75, 3.05) is 28.4 Å². The zero-order chi connectivity index (χ0) is 24.6. The van der Waals surface area contributed by atoms with Crippen molar-refractivity contribution in [1.29, 1.82) is 0 Å². The van der Waals surface area contributed by atoms with Gasteiger partial charge in [0.05, 0.1) is 28.4 Å². The largest absolute Gasteiger partial charge is 0.497 e. The summed E-state index contributed by atoms with van der Waals surface area (Å²) in [6, 6.07) is 29.3. The molecule has 180 valence electrons. The molecule has 0 spiro atoms. The molecule has 0 aromatic heterocycles. The van der Waals surface area contributed by atoms with E-state index >= 15 is 0 Å². The Morgan fingerprint density at radius 3 is 1.11 bits per heavy atom. The molecule has 0 fully saturated rings. The van der Waals surface area contributed by atoms with E-state index in [-0.39, 0.29) is 0 Å². The highest BCUT2D eigenvalue weighted by Gasteiger charge is 2.10. The molecule has 4 aromatic rings. The van der Waals surface area contributed by atoms with Crippen LogP contribution >= 0.6 is 0 Å². The number of hydrogen-bond donors (Lipinski definition) is 0. The molecule has 4 heteroatoms. The molecule has 0 unspecified atom stereocenters. The summed E-state index contributed by atoms with van der Waals surface area (Å²) in [6.45, 7) is 0. The first-order valence-electron chi connectivity index (χ1n) is 11.7. The van der Waals surface area contributed by atoms with E-state index in [0.717, 1.165) is 42.3 Å². The molecular formula is C31H32O4. The second-order valence-corrected chi connectivity index (χ2v) is 8.52. The van der Waals surface area contributed by atoms with Crippen LogP contribution in [0.1, 0.15) is 33.4 Å². The summed E-state index contributed by atoms with van der Waals surface area (Å²) in [5.41, 5.74) is 7.26. The van der Waals surface area contributed by atoms with Gasteiger partial charge in [0.15, 0.2) is 0 Å². The van der Waals surface area contributed by atoms with Crippen LogP contribution in [0.2, 0.25) is 0 Å². The molecule has 0 atom stereocenters. The van der Waals surface area contributed by atoms with E-state index in [1.807, 2.05) is 24.3 Å². The summed E-state index contributed by atoms with van der Waals surface area (Å²) in [5.74, 6) is 3.53. The maximum absolute atomic E-state index is 5.65. The molecule has 4 aromatic carbocycles. The van der Waals surface area contributed by atoms with E-state index in [4.69, 9.17) is 18.9 Å². The molecule has 0 aliphatic carbocycles. The Kier molecular flexibility index (Phi) is 7.94. The third-order valence-electron chi connectivity index (χ3n) is 6.21. The van der Waals surface area contributed by atoms with Crippen molar-refractivity contribution in [2.45, 2.75) is 19.3 Å².